The third-order valence-corrected chi connectivity index (χ3v) is 5.15. The first-order valence-corrected chi connectivity index (χ1v) is 4.50. The zero-order valence-corrected chi connectivity index (χ0v) is 6.43. The molecule has 0 aromatic rings. The molecule has 0 N–H and O–H groups in total. The summed E-state index contributed by atoms with van der Waals surface area (Å²) in [5.74, 6) is 1.13. The third-order valence-electron chi connectivity index (χ3n) is 5.15. The van der Waals surface area contributed by atoms with Crippen molar-refractivity contribution in [3.05, 3.63) is 0 Å². The van der Waals surface area contributed by atoms with Gasteiger partial charge in [0.05, 0.1) is 0 Å². The molecule has 6 rings (SSSR count). The maximum atomic E-state index is 2.69. The van der Waals surface area contributed by atoms with Crippen LogP contribution < -0.4 is 0 Å². The Morgan fingerprint density at radius 3 is 2.30 bits per heavy atom. The average Bonchev–Trinajstić information content (AvgIpc) is 2.46. The standard InChI is InChI=1S/C9H13N/c1-10-7-4-9(10)5-8(7)2-6(9)3-8/h6-7H,2-5H2,1H3/t6?,7?,8?,9-/m0/s1. The first-order chi connectivity index (χ1) is 4.77. The molecule has 0 radical (unpaired) electrons. The van der Waals surface area contributed by atoms with E-state index in [0.29, 0.717) is 0 Å². The summed E-state index contributed by atoms with van der Waals surface area (Å²) in [5, 5.41) is 0. The van der Waals surface area contributed by atoms with Crippen LogP contribution in [0.15, 0.2) is 0 Å². The summed E-state index contributed by atoms with van der Waals surface area (Å²) in [7, 11) is 2.35. The molecule has 2 atom stereocenters. The molecule has 6 fully saturated rings. The fourth-order valence-electron chi connectivity index (χ4n) is 4.68. The maximum Gasteiger partial charge on any atom is 0.0259 e. The van der Waals surface area contributed by atoms with Gasteiger partial charge in [-0.05, 0) is 44.1 Å². The van der Waals surface area contributed by atoms with Crippen molar-refractivity contribution in [2.24, 2.45) is 11.3 Å². The van der Waals surface area contributed by atoms with Gasteiger partial charge in [0.25, 0.3) is 0 Å². The maximum absolute atomic E-state index is 2.69. The topological polar surface area (TPSA) is 3.24 Å². The zero-order chi connectivity index (χ0) is 6.56. The largest absolute Gasteiger partial charge is 0.297 e. The number of nitrogens with zero attached hydrogens (tertiary/aromatic N) is 1. The summed E-state index contributed by atoms with van der Waals surface area (Å²) >= 11 is 0. The van der Waals surface area contributed by atoms with Gasteiger partial charge in [-0.1, -0.05) is 0 Å². The second kappa shape index (κ2) is 0.911. The van der Waals surface area contributed by atoms with E-state index in [-0.39, 0.29) is 0 Å². The van der Waals surface area contributed by atoms with Crippen LogP contribution in [-0.2, 0) is 0 Å². The van der Waals surface area contributed by atoms with Crippen LogP contribution in [0, 0.1) is 11.3 Å². The molecular weight excluding hydrogens is 122 g/mol. The summed E-state index contributed by atoms with van der Waals surface area (Å²) in [6.45, 7) is 0. The molecule has 4 aliphatic carbocycles. The van der Waals surface area contributed by atoms with Gasteiger partial charge in [-0.15, -0.1) is 0 Å². The Balaban J connectivity index is 2.01. The van der Waals surface area contributed by atoms with Crippen LogP contribution in [0.4, 0.5) is 0 Å². The highest BCUT2D eigenvalue weighted by molar-refractivity contribution is 5.35. The minimum absolute atomic E-state index is 0.769. The van der Waals surface area contributed by atoms with Crippen LogP contribution in [0.5, 0.6) is 0 Å². The normalized spacial score (nSPS) is 75.3. The summed E-state index contributed by atoms with van der Waals surface area (Å²) in [6.07, 6.45) is 6.34. The van der Waals surface area contributed by atoms with Gasteiger partial charge in [0.1, 0.15) is 0 Å². The molecular formula is C9H13N. The van der Waals surface area contributed by atoms with Gasteiger partial charge in [0.15, 0.2) is 0 Å². The molecule has 2 saturated heterocycles. The Morgan fingerprint density at radius 2 is 2.10 bits per heavy atom. The van der Waals surface area contributed by atoms with Crippen LogP contribution >= 0.6 is 0 Å². The van der Waals surface area contributed by atoms with Crippen LogP contribution in [0.3, 0.4) is 0 Å². The minimum atomic E-state index is 0.769. The molecule has 0 amide bonds. The highest BCUT2D eigenvalue weighted by Crippen LogP contribution is 2.81. The van der Waals surface area contributed by atoms with E-state index in [1.54, 1.807) is 25.7 Å². The molecule has 1 heteroatoms. The fourth-order valence-corrected chi connectivity index (χ4v) is 4.68. The highest BCUT2D eigenvalue weighted by atomic mass is 15.4. The van der Waals surface area contributed by atoms with E-state index in [9.17, 15) is 0 Å². The van der Waals surface area contributed by atoms with Crippen molar-refractivity contribution in [2.75, 3.05) is 7.05 Å². The van der Waals surface area contributed by atoms with Crippen molar-refractivity contribution in [3.63, 3.8) is 0 Å². The van der Waals surface area contributed by atoms with Gasteiger partial charge in [-0.3, -0.25) is 4.90 Å². The smallest absolute Gasteiger partial charge is 0.0259 e. The summed E-state index contributed by atoms with van der Waals surface area (Å²) < 4.78 is 0. The first kappa shape index (κ1) is 4.76. The van der Waals surface area contributed by atoms with E-state index in [2.05, 4.69) is 11.9 Å². The lowest BCUT2D eigenvalue weighted by Gasteiger charge is -2.65. The predicted octanol–water partition coefficient (Wildman–Crippen LogP) is 1.24. The molecule has 2 aliphatic heterocycles. The van der Waals surface area contributed by atoms with Gasteiger partial charge in [-0.25, -0.2) is 0 Å². The van der Waals surface area contributed by atoms with Crippen molar-refractivity contribution in [1.29, 1.82) is 0 Å². The Labute approximate surface area is 61.4 Å². The van der Waals surface area contributed by atoms with Crippen molar-refractivity contribution in [3.8, 4) is 0 Å². The molecule has 2 spiro atoms. The van der Waals surface area contributed by atoms with Crippen molar-refractivity contribution in [2.45, 2.75) is 37.3 Å². The molecule has 10 heavy (non-hydrogen) atoms. The van der Waals surface area contributed by atoms with Crippen LogP contribution in [0.2, 0.25) is 0 Å². The molecule has 0 aromatic heterocycles. The van der Waals surface area contributed by atoms with E-state index in [1.165, 1.54) is 0 Å². The summed E-state index contributed by atoms with van der Waals surface area (Å²) in [6, 6.07) is 1.03. The van der Waals surface area contributed by atoms with E-state index >= 15 is 0 Å². The number of piperidine rings is 2. The second-order valence-electron chi connectivity index (χ2n) is 5.08. The van der Waals surface area contributed by atoms with Gasteiger partial charge >= 0.3 is 0 Å². The molecule has 54 valence electrons. The van der Waals surface area contributed by atoms with E-state index in [1.807, 2.05) is 0 Å². The van der Waals surface area contributed by atoms with Crippen LogP contribution in [-0.4, -0.2) is 23.5 Å². The van der Waals surface area contributed by atoms with Gasteiger partial charge in [0.2, 0.25) is 0 Å². The first-order valence-electron chi connectivity index (χ1n) is 4.50. The quantitative estimate of drug-likeness (QED) is 0.483. The zero-order valence-electron chi connectivity index (χ0n) is 6.43. The summed E-state index contributed by atoms with van der Waals surface area (Å²) in [5.41, 5.74) is 1.64. The van der Waals surface area contributed by atoms with Crippen LogP contribution in [0.25, 0.3) is 0 Å². The average molecular weight is 135 g/mol. The van der Waals surface area contributed by atoms with Gasteiger partial charge in [-0.2, -0.15) is 0 Å². The molecule has 6 aliphatic rings. The SMILES string of the molecule is CN1C2C[C@@]13CC21CC3C1. The minimum Gasteiger partial charge on any atom is -0.297 e. The number of hydrogen-bond donors (Lipinski definition) is 0. The predicted molar refractivity (Wildman–Crippen MR) is 38.7 cm³/mol. The van der Waals surface area contributed by atoms with Crippen molar-refractivity contribution in [1.82, 2.24) is 4.90 Å². The Bertz CT molecular complexity index is 225. The van der Waals surface area contributed by atoms with Gasteiger partial charge < -0.3 is 0 Å². The molecule has 1 unspecified atom stereocenters. The highest BCUT2D eigenvalue weighted by Gasteiger charge is 2.82. The lowest BCUT2D eigenvalue weighted by Crippen LogP contribution is -2.70. The van der Waals surface area contributed by atoms with E-state index in [4.69, 9.17) is 0 Å². The number of rotatable bonds is 0. The third kappa shape index (κ3) is 0.209. The number of hydrogen-bond acceptors (Lipinski definition) is 1. The molecule has 2 heterocycles. The summed E-state index contributed by atoms with van der Waals surface area (Å²) in [4.78, 5) is 2.69. The lowest BCUT2D eigenvalue weighted by atomic mass is 9.54. The monoisotopic (exact) mass is 135 g/mol. The Hall–Kier alpha value is -0.0400. The molecule has 0 aromatic carbocycles. The molecule has 4 bridgehead atoms. The second-order valence-corrected chi connectivity index (χ2v) is 5.08. The fraction of sp³-hybridized carbons (Fsp3) is 1.00. The van der Waals surface area contributed by atoms with Crippen LogP contribution in [0.1, 0.15) is 25.7 Å². The van der Waals surface area contributed by atoms with Gasteiger partial charge in [0, 0.05) is 11.6 Å². The lowest BCUT2D eigenvalue weighted by molar-refractivity contribution is -0.154. The van der Waals surface area contributed by atoms with E-state index < -0.39 is 0 Å². The Kier molecular flexibility index (Phi) is 0.434. The van der Waals surface area contributed by atoms with Crippen molar-refractivity contribution < 1.29 is 0 Å². The van der Waals surface area contributed by atoms with Crippen molar-refractivity contribution >= 4 is 0 Å². The molecule has 4 saturated carbocycles. The molecule has 1 nitrogen and oxygen atoms in total. The van der Waals surface area contributed by atoms with E-state index in [0.717, 1.165) is 22.9 Å². The Morgan fingerprint density at radius 1 is 1.30 bits per heavy atom.